The van der Waals surface area contributed by atoms with Gasteiger partial charge in [-0.15, -0.1) is 0 Å². The molecule has 6 nitrogen and oxygen atoms in total. The molecule has 0 amide bonds. The van der Waals surface area contributed by atoms with Crippen molar-refractivity contribution in [3.63, 3.8) is 0 Å². The Labute approximate surface area is 146 Å². The van der Waals surface area contributed by atoms with Crippen molar-refractivity contribution in [2.75, 3.05) is 12.4 Å². The lowest BCUT2D eigenvalue weighted by Crippen LogP contribution is -2.34. The number of carbonyl (C=O) groups is 1. The molecule has 0 saturated heterocycles. The van der Waals surface area contributed by atoms with Crippen molar-refractivity contribution in [3.05, 3.63) is 41.7 Å². The minimum absolute atomic E-state index is 0.0293. The van der Waals surface area contributed by atoms with Crippen molar-refractivity contribution in [2.45, 2.75) is 38.2 Å². The van der Waals surface area contributed by atoms with Gasteiger partial charge >= 0.3 is 5.97 Å². The van der Waals surface area contributed by atoms with Crippen LogP contribution < -0.4 is 4.74 Å². The summed E-state index contributed by atoms with van der Waals surface area (Å²) in [5.41, 5.74) is 0.182. The summed E-state index contributed by atoms with van der Waals surface area (Å²) in [6.07, 6.45) is 3.35. The number of ether oxygens (including phenoxy) is 2. The summed E-state index contributed by atoms with van der Waals surface area (Å²) in [5, 5.41) is 0. The maximum atomic E-state index is 14.1. The van der Waals surface area contributed by atoms with Gasteiger partial charge in [0.05, 0.1) is 5.56 Å². The van der Waals surface area contributed by atoms with Gasteiger partial charge in [-0.05, 0) is 56.4 Å². The van der Waals surface area contributed by atoms with Crippen molar-refractivity contribution >= 4 is 16.1 Å². The molecule has 0 bridgehead atoms. The van der Waals surface area contributed by atoms with Crippen LogP contribution in [0.4, 0.5) is 4.39 Å². The van der Waals surface area contributed by atoms with Gasteiger partial charge in [-0.1, -0.05) is 6.58 Å². The molecular formula is C17H21FO6S. The summed E-state index contributed by atoms with van der Waals surface area (Å²) in [7, 11) is -4.22. The fraction of sp³-hybridized carbons (Fsp3) is 0.471. The standard InChI is InChI=1S/C17H21FO6S/c1-12(2)17(7-3-4-8-17)24-15-11-13(5-6-14(15)18)16(19)23-9-10-25(20,21)22/h5-6,11H,1,3-4,7-10H2,2H3,(H,20,21,22). The second kappa shape index (κ2) is 7.53. The number of esters is 1. The molecule has 1 saturated carbocycles. The average Bonchev–Trinajstić information content (AvgIpc) is 2.98. The van der Waals surface area contributed by atoms with Crippen molar-refractivity contribution in [1.29, 1.82) is 0 Å². The molecule has 8 heteroatoms. The van der Waals surface area contributed by atoms with Crippen LogP contribution in [0.5, 0.6) is 5.75 Å². The highest BCUT2D eigenvalue weighted by atomic mass is 32.2. The van der Waals surface area contributed by atoms with E-state index in [1.807, 2.05) is 6.92 Å². The van der Waals surface area contributed by atoms with E-state index in [1.54, 1.807) is 0 Å². The maximum absolute atomic E-state index is 14.1. The summed E-state index contributed by atoms with van der Waals surface area (Å²) in [6.45, 7) is 5.27. The minimum atomic E-state index is -4.22. The molecule has 0 radical (unpaired) electrons. The van der Waals surface area contributed by atoms with E-state index in [1.165, 1.54) is 12.1 Å². The zero-order valence-corrected chi connectivity index (χ0v) is 14.8. The fourth-order valence-electron chi connectivity index (χ4n) is 2.80. The van der Waals surface area contributed by atoms with Gasteiger partial charge in [0.15, 0.2) is 11.6 Å². The molecule has 1 aliphatic carbocycles. The van der Waals surface area contributed by atoms with E-state index in [4.69, 9.17) is 14.0 Å². The van der Waals surface area contributed by atoms with Crippen LogP contribution in [0.2, 0.25) is 0 Å². The monoisotopic (exact) mass is 372 g/mol. The van der Waals surface area contributed by atoms with E-state index < -0.39 is 39.9 Å². The molecule has 138 valence electrons. The molecule has 1 aliphatic rings. The van der Waals surface area contributed by atoms with Crippen LogP contribution >= 0.6 is 0 Å². The quantitative estimate of drug-likeness (QED) is 0.449. The topological polar surface area (TPSA) is 89.9 Å². The third kappa shape index (κ3) is 5.02. The highest BCUT2D eigenvalue weighted by molar-refractivity contribution is 7.85. The Bertz CT molecular complexity index is 765. The number of carbonyl (C=O) groups excluding carboxylic acids is 1. The lowest BCUT2D eigenvalue weighted by molar-refractivity contribution is 0.0526. The van der Waals surface area contributed by atoms with Crippen molar-refractivity contribution in [3.8, 4) is 5.75 Å². The van der Waals surface area contributed by atoms with Gasteiger partial charge < -0.3 is 9.47 Å². The maximum Gasteiger partial charge on any atom is 0.338 e. The summed E-state index contributed by atoms with van der Waals surface area (Å²) in [5.74, 6) is -2.22. The highest BCUT2D eigenvalue weighted by Gasteiger charge is 2.37. The molecule has 0 heterocycles. The Morgan fingerprint density at radius 3 is 2.56 bits per heavy atom. The van der Waals surface area contributed by atoms with Crippen molar-refractivity contribution in [2.24, 2.45) is 0 Å². The summed E-state index contributed by atoms with van der Waals surface area (Å²) in [4.78, 5) is 12.0. The number of benzene rings is 1. The fourth-order valence-corrected chi connectivity index (χ4v) is 3.10. The Hall–Kier alpha value is -1.93. The number of hydrogen-bond acceptors (Lipinski definition) is 5. The zero-order valence-electron chi connectivity index (χ0n) is 14.0. The van der Waals surface area contributed by atoms with E-state index in [0.29, 0.717) is 0 Å². The normalized spacial score (nSPS) is 16.4. The van der Waals surface area contributed by atoms with Crippen molar-refractivity contribution in [1.82, 2.24) is 0 Å². The molecule has 0 unspecified atom stereocenters. The number of hydrogen-bond donors (Lipinski definition) is 1. The third-order valence-corrected chi connectivity index (χ3v) is 4.92. The summed E-state index contributed by atoms with van der Waals surface area (Å²) >= 11 is 0. The van der Waals surface area contributed by atoms with Gasteiger partial charge in [0, 0.05) is 0 Å². The van der Waals surface area contributed by atoms with Crippen molar-refractivity contribution < 1.29 is 31.6 Å². The first-order chi connectivity index (χ1) is 11.6. The molecule has 1 N–H and O–H groups in total. The predicted octanol–water partition coefficient (Wildman–Crippen LogP) is 3.14. The Morgan fingerprint density at radius 1 is 1.36 bits per heavy atom. The van der Waals surface area contributed by atoms with Gasteiger partial charge in [0.2, 0.25) is 0 Å². The van der Waals surface area contributed by atoms with Crippen LogP contribution in [0.15, 0.2) is 30.4 Å². The predicted molar refractivity (Wildman–Crippen MR) is 89.7 cm³/mol. The summed E-state index contributed by atoms with van der Waals surface area (Å²) in [6, 6.07) is 3.55. The van der Waals surface area contributed by atoms with Crippen LogP contribution in [0, 0.1) is 5.82 Å². The molecule has 2 rings (SSSR count). The first-order valence-electron chi connectivity index (χ1n) is 7.90. The summed E-state index contributed by atoms with van der Waals surface area (Å²) < 4.78 is 54.6. The molecule has 0 aliphatic heterocycles. The first-order valence-corrected chi connectivity index (χ1v) is 9.51. The third-order valence-electron chi connectivity index (χ3n) is 4.24. The molecule has 1 aromatic carbocycles. The average molecular weight is 372 g/mol. The van der Waals surface area contributed by atoms with Crippen LogP contribution in [-0.2, 0) is 14.9 Å². The number of rotatable bonds is 7. The van der Waals surface area contributed by atoms with E-state index in [9.17, 15) is 17.6 Å². The van der Waals surface area contributed by atoms with E-state index in [0.717, 1.165) is 37.3 Å². The van der Waals surface area contributed by atoms with Gasteiger partial charge in [-0.25, -0.2) is 9.18 Å². The Morgan fingerprint density at radius 2 is 2.00 bits per heavy atom. The Balaban J connectivity index is 2.14. The van der Waals surface area contributed by atoms with Crippen LogP contribution in [0.1, 0.15) is 43.0 Å². The van der Waals surface area contributed by atoms with E-state index in [-0.39, 0.29) is 11.3 Å². The molecule has 1 aromatic rings. The largest absolute Gasteiger partial charge is 0.480 e. The lowest BCUT2D eigenvalue weighted by Gasteiger charge is -2.31. The van der Waals surface area contributed by atoms with Gasteiger partial charge in [-0.2, -0.15) is 8.42 Å². The molecule has 1 fully saturated rings. The molecule has 25 heavy (non-hydrogen) atoms. The smallest absolute Gasteiger partial charge is 0.338 e. The van der Waals surface area contributed by atoms with Gasteiger partial charge in [0.1, 0.15) is 18.0 Å². The van der Waals surface area contributed by atoms with Gasteiger partial charge in [-0.3, -0.25) is 4.55 Å². The van der Waals surface area contributed by atoms with Crippen LogP contribution in [0.25, 0.3) is 0 Å². The number of halogens is 1. The molecule has 0 spiro atoms. The molecule has 0 aromatic heterocycles. The van der Waals surface area contributed by atoms with Crippen LogP contribution in [0.3, 0.4) is 0 Å². The Kier molecular flexibility index (Phi) is 5.84. The lowest BCUT2D eigenvalue weighted by atomic mass is 9.94. The SMILES string of the molecule is C=C(C)C1(Oc2cc(C(=O)OCCS(=O)(=O)O)ccc2F)CCCC1. The first kappa shape index (κ1) is 19.4. The van der Waals surface area contributed by atoms with E-state index in [2.05, 4.69) is 6.58 Å². The molecule has 0 atom stereocenters. The van der Waals surface area contributed by atoms with Gasteiger partial charge in [0.25, 0.3) is 10.1 Å². The second-order valence-electron chi connectivity index (χ2n) is 6.15. The van der Waals surface area contributed by atoms with E-state index >= 15 is 0 Å². The van der Waals surface area contributed by atoms with Crippen LogP contribution in [-0.4, -0.2) is 36.9 Å². The second-order valence-corrected chi connectivity index (χ2v) is 7.72. The highest BCUT2D eigenvalue weighted by Crippen LogP contribution is 2.40. The minimum Gasteiger partial charge on any atom is -0.480 e. The molecular weight excluding hydrogens is 351 g/mol. The zero-order chi connectivity index (χ0) is 18.7.